The lowest BCUT2D eigenvalue weighted by Crippen LogP contribution is -2.31. The number of ether oxygens (including phenoxy) is 1. The summed E-state index contributed by atoms with van der Waals surface area (Å²) < 4.78 is 5.08. The van der Waals surface area contributed by atoms with Gasteiger partial charge < -0.3 is 10.5 Å². The number of aryl methyl sites for hydroxylation is 1. The van der Waals surface area contributed by atoms with E-state index < -0.39 is 19.8 Å². The van der Waals surface area contributed by atoms with E-state index in [0.29, 0.717) is 0 Å². The van der Waals surface area contributed by atoms with Gasteiger partial charge in [0.05, 0.1) is 0 Å². The number of carbonyl (C=O) groups is 1. The van der Waals surface area contributed by atoms with Gasteiger partial charge in [-0.15, -0.1) is 5.54 Å². The Labute approximate surface area is 135 Å². The van der Waals surface area contributed by atoms with Crippen LogP contribution in [0.2, 0.25) is 19.6 Å². The topological polar surface area (TPSA) is 52.3 Å². The SMILES string of the molecule is CC(C)(CCCc1ccc(C#C[Si](C)(C)C)cc1)OC(N)=O. The summed E-state index contributed by atoms with van der Waals surface area (Å²) in [7, 11) is -1.32. The summed E-state index contributed by atoms with van der Waals surface area (Å²) in [6.45, 7) is 10.5. The van der Waals surface area contributed by atoms with Crippen molar-refractivity contribution < 1.29 is 9.53 Å². The van der Waals surface area contributed by atoms with Crippen molar-refractivity contribution >= 4 is 14.2 Å². The van der Waals surface area contributed by atoms with Gasteiger partial charge in [-0.1, -0.05) is 37.7 Å². The molecule has 2 N–H and O–H groups in total. The van der Waals surface area contributed by atoms with Crippen LogP contribution in [0.5, 0.6) is 0 Å². The summed E-state index contributed by atoms with van der Waals surface area (Å²) in [5.41, 5.74) is 10.3. The van der Waals surface area contributed by atoms with E-state index in [1.807, 2.05) is 13.8 Å². The van der Waals surface area contributed by atoms with E-state index in [1.165, 1.54) is 5.56 Å². The molecule has 0 aliphatic heterocycles. The van der Waals surface area contributed by atoms with Gasteiger partial charge in [0.1, 0.15) is 13.7 Å². The molecule has 0 saturated carbocycles. The van der Waals surface area contributed by atoms with E-state index in [0.717, 1.165) is 24.8 Å². The van der Waals surface area contributed by atoms with Crippen molar-refractivity contribution in [3.63, 3.8) is 0 Å². The molecular weight excluding hydrogens is 290 g/mol. The van der Waals surface area contributed by atoms with Crippen LogP contribution >= 0.6 is 0 Å². The van der Waals surface area contributed by atoms with Crippen LogP contribution in [-0.2, 0) is 11.2 Å². The summed E-state index contributed by atoms with van der Waals surface area (Å²) in [6, 6.07) is 8.40. The third-order valence-corrected chi connectivity index (χ3v) is 4.03. The standard InChI is InChI=1S/C18H27NO2Si/c1-18(2,21-17(19)20)13-6-7-15-8-10-16(11-9-15)12-14-22(3,4)5/h8-11H,6-7,13H2,1-5H3,(H2,19,20). The van der Waals surface area contributed by atoms with Crippen molar-refractivity contribution in [1.29, 1.82) is 0 Å². The maximum atomic E-state index is 10.8. The summed E-state index contributed by atoms with van der Waals surface area (Å²) >= 11 is 0. The third kappa shape index (κ3) is 7.89. The van der Waals surface area contributed by atoms with Crippen LogP contribution in [0.15, 0.2) is 24.3 Å². The maximum absolute atomic E-state index is 10.8. The summed E-state index contributed by atoms with van der Waals surface area (Å²) in [4.78, 5) is 10.8. The number of hydrogen-bond acceptors (Lipinski definition) is 2. The Morgan fingerprint density at radius 1 is 1.23 bits per heavy atom. The molecule has 0 heterocycles. The average Bonchev–Trinajstić information content (AvgIpc) is 2.35. The molecule has 0 atom stereocenters. The van der Waals surface area contributed by atoms with Gasteiger partial charge in [0.25, 0.3) is 0 Å². The van der Waals surface area contributed by atoms with E-state index in [2.05, 4.69) is 55.4 Å². The summed E-state index contributed by atoms with van der Waals surface area (Å²) in [5, 5.41) is 0. The molecule has 4 heteroatoms. The highest BCUT2D eigenvalue weighted by molar-refractivity contribution is 6.83. The quantitative estimate of drug-likeness (QED) is 0.656. The van der Waals surface area contributed by atoms with Gasteiger partial charge in [-0.3, -0.25) is 0 Å². The second-order valence-corrected chi connectivity index (χ2v) is 12.0. The number of carbonyl (C=O) groups excluding carboxylic acids is 1. The van der Waals surface area contributed by atoms with Crippen LogP contribution in [0.25, 0.3) is 0 Å². The molecule has 0 radical (unpaired) electrons. The van der Waals surface area contributed by atoms with Gasteiger partial charge >= 0.3 is 6.09 Å². The molecule has 1 rings (SSSR count). The first-order valence-electron chi connectivity index (χ1n) is 7.68. The second-order valence-electron chi connectivity index (χ2n) is 7.23. The van der Waals surface area contributed by atoms with E-state index in [-0.39, 0.29) is 0 Å². The van der Waals surface area contributed by atoms with Crippen molar-refractivity contribution in [1.82, 2.24) is 0 Å². The monoisotopic (exact) mass is 317 g/mol. The first kappa shape index (κ1) is 18.3. The highest BCUT2D eigenvalue weighted by atomic mass is 28.3. The average molecular weight is 318 g/mol. The minimum atomic E-state index is -1.32. The molecule has 22 heavy (non-hydrogen) atoms. The lowest BCUT2D eigenvalue weighted by atomic mass is 9.98. The zero-order chi connectivity index (χ0) is 16.8. The van der Waals surface area contributed by atoms with Crippen LogP contribution in [0.4, 0.5) is 4.79 Å². The fourth-order valence-electron chi connectivity index (χ4n) is 2.06. The van der Waals surface area contributed by atoms with Gasteiger partial charge in [0.15, 0.2) is 0 Å². The van der Waals surface area contributed by atoms with E-state index in [9.17, 15) is 4.79 Å². The molecule has 0 aliphatic rings. The lowest BCUT2D eigenvalue weighted by Gasteiger charge is -2.23. The minimum absolute atomic E-state index is 0.505. The Morgan fingerprint density at radius 3 is 2.32 bits per heavy atom. The minimum Gasteiger partial charge on any atom is -0.444 e. The van der Waals surface area contributed by atoms with Gasteiger partial charge in [0.2, 0.25) is 0 Å². The van der Waals surface area contributed by atoms with Crippen LogP contribution in [0, 0.1) is 11.5 Å². The molecular formula is C18H27NO2Si. The van der Waals surface area contributed by atoms with Crippen molar-refractivity contribution in [3.05, 3.63) is 35.4 Å². The van der Waals surface area contributed by atoms with Crippen molar-refractivity contribution in [2.45, 2.75) is 58.4 Å². The molecule has 0 aromatic heterocycles. The molecule has 1 aromatic rings. The molecule has 0 fully saturated rings. The fourth-order valence-corrected chi connectivity index (χ4v) is 2.58. The van der Waals surface area contributed by atoms with Crippen molar-refractivity contribution in [2.24, 2.45) is 5.73 Å². The molecule has 1 aromatic carbocycles. The molecule has 3 nitrogen and oxygen atoms in total. The highest BCUT2D eigenvalue weighted by Crippen LogP contribution is 2.18. The van der Waals surface area contributed by atoms with Crippen LogP contribution in [0.1, 0.15) is 37.8 Å². The Bertz CT molecular complexity index is 559. The largest absolute Gasteiger partial charge is 0.444 e. The number of amides is 1. The predicted molar refractivity (Wildman–Crippen MR) is 94.4 cm³/mol. The first-order chi connectivity index (χ1) is 10.1. The number of nitrogens with two attached hydrogens (primary N) is 1. The number of rotatable bonds is 5. The van der Waals surface area contributed by atoms with E-state index >= 15 is 0 Å². The molecule has 0 saturated heterocycles. The molecule has 1 amide bonds. The Hall–Kier alpha value is -1.73. The number of hydrogen-bond donors (Lipinski definition) is 1. The normalized spacial score (nSPS) is 11.5. The van der Waals surface area contributed by atoms with Crippen LogP contribution in [-0.4, -0.2) is 19.8 Å². The zero-order valence-electron chi connectivity index (χ0n) is 14.3. The van der Waals surface area contributed by atoms with Crippen molar-refractivity contribution in [2.75, 3.05) is 0 Å². The van der Waals surface area contributed by atoms with Crippen LogP contribution in [0.3, 0.4) is 0 Å². The van der Waals surface area contributed by atoms with Crippen molar-refractivity contribution in [3.8, 4) is 11.5 Å². The first-order valence-corrected chi connectivity index (χ1v) is 11.2. The van der Waals surface area contributed by atoms with Gasteiger partial charge in [-0.25, -0.2) is 4.79 Å². The number of benzene rings is 1. The predicted octanol–water partition coefficient (Wildman–Crippen LogP) is 4.11. The van der Waals surface area contributed by atoms with E-state index in [1.54, 1.807) is 0 Å². The zero-order valence-corrected chi connectivity index (χ0v) is 15.3. The van der Waals surface area contributed by atoms with Gasteiger partial charge in [0, 0.05) is 5.56 Å². The fraction of sp³-hybridized carbons (Fsp3) is 0.500. The molecule has 0 aliphatic carbocycles. The lowest BCUT2D eigenvalue weighted by molar-refractivity contribution is 0.0378. The number of primary amides is 1. The summed E-state index contributed by atoms with van der Waals surface area (Å²) in [6.07, 6.45) is 1.97. The molecule has 120 valence electrons. The maximum Gasteiger partial charge on any atom is 0.405 e. The van der Waals surface area contributed by atoms with Crippen LogP contribution < -0.4 is 5.73 Å². The third-order valence-electron chi connectivity index (χ3n) is 3.16. The molecule has 0 spiro atoms. The second kappa shape index (κ2) is 7.51. The van der Waals surface area contributed by atoms with Gasteiger partial charge in [-0.2, -0.15) is 0 Å². The van der Waals surface area contributed by atoms with Gasteiger partial charge in [-0.05, 0) is 50.8 Å². The molecule has 0 unspecified atom stereocenters. The highest BCUT2D eigenvalue weighted by Gasteiger charge is 2.20. The summed E-state index contributed by atoms with van der Waals surface area (Å²) in [5.74, 6) is 3.25. The molecule has 0 bridgehead atoms. The van der Waals surface area contributed by atoms with E-state index in [4.69, 9.17) is 10.5 Å². The smallest absolute Gasteiger partial charge is 0.405 e. The Kier molecular flexibility index (Phi) is 6.25. The Morgan fingerprint density at radius 2 is 1.82 bits per heavy atom. The Balaban J connectivity index is 2.51.